The first-order valence-corrected chi connectivity index (χ1v) is 9.86. The Morgan fingerprint density at radius 1 is 1.15 bits per heavy atom. The van der Waals surface area contributed by atoms with Gasteiger partial charge in [-0.1, -0.05) is 6.07 Å². The number of ketones is 1. The van der Waals surface area contributed by atoms with Crippen LogP contribution in [0, 0.1) is 0 Å². The van der Waals surface area contributed by atoms with Crippen LogP contribution >= 0.6 is 0 Å². The highest BCUT2D eigenvalue weighted by Crippen LogP contribution is 2.50. The molecule has 2 aromatic heterocycles. The number of likely N-dealkylation sites (tertiary alicyclic amines) is 1. The molecule has 6 heteroatoms. The molecule has 27 heavy (non-hydrogen) atoms. The quantitative estimate of drug-likeness (QED) is 0.785. The Bertz CT molecular complexity index is 833. The Hall–Kier alpha value is -2.34. The molecule has 4 heterocycles. The fraction of sp³-hybridized carbons (Fsp3) is 0.524. The van der Waals surface area contributed by atoms with Crippen molar-refractivity contribution in [1.29, 1.82) is 0 Å². The zero-order valence-electron chi connectivity index (χ0n) is 15.7. The number of rotatable bonds is 6. The molecule has 140 valence electrons. The monoisotopic (exact) mass is 363 g/mol. The molecule has 6 nitrogen and oxygen atoms in total. The summed E-state index contributed by atoms with van der Waals surface area (Å²) < 4.78 is 0. The molecule has 2 saturated heterocycles. The van der Waals surface area contributed by atoms with E-state index >= 15 is 0 Å². The van der Waals surface area contributed by atoms with E-state index in [2.05, 4.69) is 31.9 Å². The van der Waals surface area contributed by atoms with Crippen molar-refractivity contribution in [2.75, 3.05) is 18.0 Å². The third kappa shape index (κ3) is 3.12. The van der Waals surface area contributed by atoms with Crippen molar-refractivity contribution in [3.8, 4) is 0 Å². The van der Waals surface area contributed by atoms with Crippen molar-refractivity contribution in [2.24, 2.45) is 0 Å². The first kappa shape index (κ1) is 16.8. The number of hydrogen-bond donors (Lipinski definition) is 0. The van der Waals surface area contributed by atoms with Crippen molar-refractivity contribution in [3.63, 3.8) is 0 Å². The van der Waals surface area contributed by atoms with Crippen molar-refractivity contribution in [3.05, 3.63) is 48.0 Å². The van der Waals surface area contributed by atoms with E-state index in [1.807, 2.05) is 24.7 Å². The molecule has 3 aliphatic rings. The zero-order valence-corrected chi connectivity index (χ0v) is 15.7. The van der Waals surface area contributed by atoms with Gasteiger partial charge in [-0.25, -0.2) is 9.97 Å². The number of Topliss-reactive ketones (excluding diaryl/α,β-unsaturated/α-hetero) is 1. The molecule has 0 spiro atoms. The van der Waals surface area contributed by atoms with E-state index in [1.54, 1.807) is 6.92 Å². The van der Waals surface area contributed by atoms with Crippen LogP contribution < -0.4 is 4.90 Å². The van der Waals surface area contributed by atoms with E-state index in [0.29, 0.717) is 18.5 Å². The summed E-state index contributed by atoms with van der Waals surface area (Å²) in [5.41, 5.74) is 2.39. The van der Waals surface area contributed by atoms with Gasteiger partial charge in [0, 0.05) is 67.8 Å². The first-order valence-electron chi connectivity index (χ1n) is 9.86. The summed E-state index contributed by atoms with van der Waals surface area (Å²) in [4.78, 5) is 30.0. The van der Waals surface area contributed by atoms with Crippen LogP contribution in [-0.2, 0) is 16.8 Å². The van der Waals surface area contributed by atoms with E-state index in [0.717, 1.165) is 44.1 Å². The average Bonchev–Trinajstić information content (AvgIpc) is 3.17. The smallest absolute Gasteiger partial charge is 0.225 e. The number of hydrogen-bond acceptors (Lipinski definition) is 6. The van der Waals surface area contributed by atoms with Crippen LogP contribution in [0.25, 0.3) is 0 Å². The highest BCUT2D eigenvalue weighted by molar-refractivity contribution is 5.77. The first-order chi connectivity index (χ1) is 13.1. The van der Waals surface area contributed by atoms with Gasteiger partial charge in [-0.15, -0.1) is 0 Å². The number of carbonyl (C=O) groups excluding carboxylic acids is 1. The maximum Gasteiger partial charge on any atom is 0.225 e. The standard InChI is InChI=1S/C21H25N5O/c1-15(27)10-21(5-6-21)19-4-3-16(11-24-19)12-25-13-18-9-17(25)14-26(18)20-22-7-2-8-23-20/h2-4,7-8,11,17-18H,5-6,9-10,12-14H2,1H3/t17-,18-/m0/s1. The molecule has 2 bridgehead atoms. The lowest BCUT2D eigenvalue weighted by Crippen LogP contribution is -2.46. The van der Waals surface area contributed by atoms with Crippen LogP contribution in [-0.4, -0.2) is 50.8 Å². The Kier molecular flexibility index (Phi) is 3.97. The molecule has 5 rings (SSSR count). The van der Waals surface area contributed by atoms with Gasteiger partial charge in [0.1, 0.15) is 5.78 Å². The summed E-state index contributed by atoms with van der Waals surface area (Å²) in [6, 6.07) is 7.28. The molecule has 0 amide bonds. The van der Waals surface area contributed by atoms with E-state index in [1.165, 1.54) is 12.0 Å². The number of aromatic nitrogens is 3. The molecule has 0 aromatic carbocycles. The third-order valence-electron chi connectivity index (χ3n) is 6.36. The van der Waals surface area contributed by atoms with Crippen LogP contribution in [0.3, 0.4) is 0 Å². The summed E-state index contributed by atoms with van der Waals surface area (Å²) in [5.74, 6) is 1.12. The molecular formula is C21H25N5O. The summed E-state index contributed by atoms with van der Waals surface area (Å²) in [6.45, 7) is 4.68. The van der Waals surface area contributed by atoms with Gasteiger partial charge in [0.25, 0.3) is 0 Å². The number of anilines is 1. The van der Waals surface area contributed by atoms with Crippen LogP contribution in [0.2, 0.25) is 0 Å². The SMILES string of the molecule is CC(=O)CC1(c2ccc(CN3C[C@@H]4C[C@H]3CN4c3ncccn3)cn2)CC1. The third-order valence-corrected chi connectivity index (χ3v) is 6.36. The second-order valence-electron chi connectivity index (χ2n) is 8.38. The minimum absolute atomic E-state index is 0.0350. The lowest BCUT2D eigenvalue weighted by atomic mass is 9.95. The molecule has 2 atom stereocenters. The van der Waals surface area contributed by atoms with Gasteiger partial charge in [0.2, 0.25) is 5.95 Å². The predicted molar refractivity (Wildman–Crippen MR) is 102 cm³/mol. The van der Waals surface area contributed by atoms with Crippen LogP contribution in [0.1, 0.15) is 43.9 Å². The second kappa shape index (κ2) is 6.37. The molecule has 0 unspecified atom stereocenters. The normalized spacial score (nSPS) is 25.7. The van der Waals surface area contributed by atoms with Gasteiger partial charge in [0.05, 0.1) is 0 Å². The summed E-state index contributed by atoms with van der Waals surface area (Å²) >= 11 is 0. The number of nitrogens with zero attached hydrogens (tertiary/aromatic N) is 5. The van der Waals surface area contributed by atoms with Crippen molar-refractivity contribution in [1.82, 2.24) is 19.9 Å². The molecule has 2 aliphatic heterocycles. The second-order valence-corrected chi connectivity index (χ2v) is 8.38. The average molecular weight is 363 g/mol. The van der Waals surface area contributed by atoms with Gasteiger partial charge in [-0.3, -0.25) is 14.7 Å². The summed E-state index contributed by atoms with van der Waals surface area (Å²) in [6.07, 6.45) is 9.65. The Labute approximate surface area is 159 Å². The van der Waals surface area contributed by atoms with Crippen LogP contribution in [0.15, 0.2) is 36.8 Å². The molecule has 1 saturated carbocycles. The highest BCUT2D eigenvalue weighted by atomic mass is 16.1. The van der Waals surface area contributed by atoms with Crippen molar-refractivity contribution < 1.29 is 4.79 Å². The number of carbonyl (C=O) groups is 1. The van der Waals surface area contributed by atoms with E-state index < -0.39 is 0 Å². The molecule has 0 radical (unpaired) electrons. The van der Waals surface area contributed by atoms with E-state index in [4.69, 9.17) is 4.98 Å². The Morgan fingerprint density at radius 2 is 1.96 bits per heavy atom. The number of piperazine rings is 1. The zero-order chi connectivity index (χ0) is 18.4. The Balaban J connectivity index is 1.22. The van der Waals surface area contributed by atoms with Gasteiger partial charge in [-0.05, 0) is 43.9 Å². The topological polar surface area (TPSA) is 62.2 Å². The minimum atomic E-state index is 0.0350. The highest BCUT2D eigenvalue weighted by Gasteiger charge is 2.46. The summed E-state index contributed by atoms with van der Waals surface area (Å²) in [7, 11) is 0. The molecule has 0 N–H and O–H groups in total. The van der Waals surface area contributed by atoms with Crippen LogP contribution in [0.5, 0.6) is 0 Å². The van der Waals surface area contributed by atoms with Gasteiger partial charge < -0.3 is 4.90 Å². The lowest BCUT2D eigenvalue weighted by Gasteiger charge is -2.34. The van der Waals surface area contributed by atoms with E-state index in [9.17, 15) is 4.79 Å². The molecule has 1 aliphatic carbocycles. The van der Waals surface area contributed by atoms with Gasteiger partial charge in [0.15, 0.2) is 0 Å². The summed E-state index contributed by atoms with van der Waals surface area (Å²) in [5, 5.41) is 0. The molecule has 3 fully saturated rings. The maximum atomic E-state index is 11.5. The van der Waals surface area contributed by atoms with Crippen molar-refractivity contribution >= 4 is 11.7 Å². The molecule has 2 aromatic rings. The minimum Gasteiger partial charge on any atom is -0.335 e. The lowest BCUT2D eigenvalue weighted by molar-refractivity contribution is -0.117. The van der Waals surface area contributed by atoms with Crippen LogP contribution in [0.4, 0.5) is 5.95 Å². The predicted octanol–water partition coefficient (Wildman–Crippen LogP) is 2.35. The molecular weight excluding hydrogens is 338 g/mol. The maximum absolute atomic E-state index is 11.5. The fourth-order valence-electron chi connectivity index (χ4n) is 4.84. The van der Waals surface area contributed by atoms with E-state index in [-0.39, 0.29) is 11.2 Å². The number of pyridine rings is 1. The van der Waals surface area contributed by atoms with Gasteiger partial charge >= 0.3 is 0 Å². The fourth-order valence-corrected chi connectivity index (χ4v) is 4.84. The largest absolute Gasteiger partial charge is 0.335 e. The number of fused-ring (bicyclic) bond motifs is 2. The Morgan fingerprint density at radius 3 is 2.56 bits per heavy atom. The van der Waals surface area contributed by atoms with Crippen molar-refractivity contribution in [2.45, 2.75) is 56.7 Å². The van der Waals surface area contributed by atoms with Gasteiger partial charge in [-0.2, -0.15) is 0 Å².